The molecule has 0 spiro atoms. The molecule has 0 aromatic rings. The van der Waals surface area contributed by atoms with E-state index in [4.69, 9.17) is 10.8 Å². The molecule has 1 aliphatic carbocycles. The van der Waals surface area contributed by atoms with Crippen LogP contribution in [0.2, 0.25) is 0 Å². The Morgan fingerprint density at radius 1 is 1.28 bits per heavy atom. The van der Waals surface area contributed by atoms with E-state index in [1.165, 1.54) is 12.8 Å². The lowest BCUT2D eigenvalue weighted by Crippen LogP contribution is -2.51. The lowest BCUT2D eigenvalue weighted by atomic mass is 9.75. The Labute approximate surface area is 111 Å². The Balaban J connectivity index is 2.32. The number of aliphatic hydroxyl groups excluding tert-OH is 1. The van der Waals surface area contributed by atoms with Gasteiger partial charge < -0.3 is 15.7 Å². The number of amides is 1. The number of nitrogens with zero attached hydrogens (tertiary/aromatic N) is 1. The second-order valence-electron chi connectivity index (χ2n) is 5.56. The van der Waals surface area contributed by atoms with Crippen molar-refractivity contribution in [2.75, 3.05) is 19.7 Å². The van der Waals surface area contributed by atoms with Gasteiger partial charge in [0.05, 0.1) is 6.61 Å². The molecule has 0 saturated heterocycles. The molecule has 1 amide bonds. The highest BCUT2D eigenvalue weighted by Crippen LogP contribution is 2.32. The average molecular weight is 256 g/mol. The highest BCUT2D eigenvalue weighted by Gasteiger charge is 2.35. The molecule has 0 heterocycles. The standard InChI is InChI=1S/C14H28N2O2/c1-2-3-4-5-9-16(10-11-17)13(18)12-14(15)7-6-8-14/h17H,2-12,15H2,1H3. The molecule has 1 aliphatic rings. The Morgan fingerprint density at radius 3 is 2.50 bits per heavy atom. The van der Waals surface area contributed by atoms with Crippen LogP contribution in [0.15, 0.2) is 0 Å². The third-order valence-electron chi connectivity index (χ3n) is 3.86. The maximum absolute atomic E-state index is 12.1. The molecule has 0 aromatic heterocycles. The van der Waals surface area contributed by atoms with Crippen LogP contribution in [0.5, 0.6) is 0 Å². The molecule has 4 nitrogen and oxygen atoms in total. The van der Waals surface area contributed by atoms with Crippen molar-refractivity contribution >= 4 is 5.91 Å². The van der Waals surface area contributed by atoms with Gasteiger partial charge in [0.2, 0.25) is 5.91 Å². The van der Waals surface area contributed by atoms with Gasteiger partial charge in [-0.05, 0) is 25.7 Å². The number of aliphatic hydroxyl groups is 1. The molecular weight excluding hydrogens is 228 g/mol. The summed E-state index contributed by atoms with van der Waals surface area (Å²) in [5.41, 5.74) is 5.85. The maximum Gasteiger partial charge on any atom is 0.224 e. The number of hydrogen-bond acceptors (Lipinski definition) is 3. The van der Waals surface area contributed by atoms with Gasteiger partial charge in [-0.3, -0.25) is 4.79 Å². The normalized spacial score (nSPS) is 17.3. The maximum atomic E-state index is 12.1. The molecule has 106 valence electrons. The van der Waals surface area contributed by atoms with Gasteiger partial charge in [-0.1, -0.05) is 26.2 Å². The fourth-order valence-electron chi connectivity index (χ4n) is 2.43. The van der Waals surface area contributed by atoms with E-state index in [-0.39, 0.29) is 18.1 Å². The summed E-state index contributed by atoms with van der Waals surface area (Å²) in [6.07, 6.45) is 8.09. The van der Waals surface area contributed by atoms with Crippen molar-refractivity contribution in [1.82, 2.24) is 4.90 Å². The van der Waals surface area contributed by atoms with Gasteiger partial charge in [-0.25, -0.2) is 0 Å². The molecule has 0 aromatic carbocycles. The quantitative estimate of drug-likeness (QED) is 0.617. The van der Waals surface area contributed by atoms with Gasteiger partial charge in [0, 0.05) is 25.0 Å². The zero-order valence-electron chi connectivity index (χ0n) is 11.7. The van der Waals surface area contributed by atoms with Crippen LogP contribution >= 0.6 is 0 Å². The summed E-state index contributed by atoms with van der Waals surface area (Å²) in [6, 6.07) is 0. The first kappa shape index (κ1) is 15.4. The van der Waals surface area contributed by atoms with Crippen LogP contribution in [-0.4, -0.2) is 41.1 Å². The third kappa shape index (κ3) is 4.94. The fourth-order valence-corrected chi connectivity index (χ4v) is 2.43. The first-order valence-corrected chi connectivity index (χ1v) is 7.29. The van der Waals surface area contributed by atoms with E-state index >= 15 is 0 Å². The molecule has 18 heavy (non-hydrogen) atoms. The van der Waals surface area contributed by atoms with Gasteiger partial charge in [-0.2, -0.15) is 0 Å². The average Bonchev–Trinajstić information content (AvgIpc) is 2.31. The van der Waals surface area contributed by atoms with Crippen LogP contribution in [0.1, 0.15) is 58.3 Å². The molecule has 3 N–H and O–H groups in total. The lowest BCUT2D eigenvalue weighted by molar-refractivity contribution is -0.133. The van der Waals surface area contributed by atoms with Crippen molar-refractivity contribution < 1.29 is 9.90 Å². The van der Waals surface area contributed by atoms with Crippen molar-refractivity contribution in [2.45, 2.75) is 63.8 Å². The van der Waals surface area contributed by atoms with E-state index in [0.717, 1.165) is 38.6 Å². The van der Waals surface area contributed by atoms with Gasteiger partial charge in [-0.15, -0.1) is 0 Å². The van der Waals surface area contributed by atoms with Crippen LogP contribution in [0.3, 0.4) is 0 Å². The van der Waals surface area contributed by atoms with Crippen molar-refractivity contribution in [3.63, 3.8) is 0 Å². The molecule has 1 rings (SSSR count). The van der Waals surface area contributed by atoms with Crippen LogP contribution in [0.4, 0.5) is 0 Å². The van der Waals surface area contributed by atoms with E-state index < -0.39 is 0 Å². The predicted octanol–water partition coefficient (Wildman–Crippen LogP) is 1.66. The van der Waals surface area contributed by atoms with E-state index in [2.05, 4.69) is 6.92 Å². The van der Waals surface area contributed by atoms with Gasteiger partial charge in [0.25, 0.3) is 0 Å². The Bertz CT molecular complexity index is 252. The molecule has 0 radical (unpaired) electrons. The van der Waals surface area contributed by atoms with Crippen LogP contribution in [-0.2, 0) is 4.79 Å². The third-order valence-corrected chi connectivity index (χ3v) is 3.86. The fraction of sp³-hybridized carbons (Fsp3) is 0.929. The summed E-state index contributed by atoms with van der Waals surface area (Å²) in [7, 11) is 0. The monoisotopic (exact) mass is 256 g/mol. The van der Waals surface area contributed by atoms with Crippen LogP contribution in [0.25, 0.3) is 0 Å². The van der Waals surface area contributed by atoms with E-state index in [1.54, 1.807) is 4.90 Å². The number of hydrogen-bond donors (Lipinski definition) is 2. The summed E-state index contributed by atoms with van der Waals surface area (Å²) in [5, 5.41) is 9.03. The Hall–Kier alpha value is -0.610. The van der Waals surface area contributed by atoms with Gasteiger partial charge in [0.15, 0.2) is 0 Å². The summed E-state index contributed by atoms with van der Waals surface area (Å²) >= 11 is 0. The van der Waals surface area contributed by atoms with Crippen LogP contribution < -0.4 is 5.73 Å². The van der Waals surface area contributed by atoms with E-state index in [9.17, 15) is 4.79 Å². The zero-order valence-corrected chi connectivity index (χ0v) is 11.7. The largest absolute Gasteiger partial charge is 0.395 e. The number of nitrogens with two attached hydrogens (primary N) is 1. The first-order valence-electron chi connectivity index (χ1n) is 7.29. The number of unbranched alkanes of at least 4 members (excludes halogenated alkanes) is 3. The predicted molar refractivity (Wildman–Crippen MR) is 73.2 cm³/mol. The molecule has 0 atom stereocenters. The topological polar surface area (TPSA) is 66.6 Å². The Morgan fingerprint density at radius 2 is 2.00 bits per heavy atom. The summed E-state index contributed by atoms with van der Waals surface area (Å²) in [5.74, 6) is 0.114. The van der Waals surface area contributed by atoms with Crippen molar-refractivity contribution in [1.29, 1.82) is 0 Å². The van der Waals surface area contributed by atoms with Crippen molar-refractivity contribution in [3.05, 3.63) is 0 Å². The second-order valence-corrected chi connectivity index (χ2v) is 5.56. The molecule has 0 bridgehead atoms. The lowest BCUT2D eigenvalue weighted by Gasteiger charge is -2.39. The number of rotatable bonds is 9. The zero-order chi connectivity index (χ0) is 13.4. The number of carbonyl (C=O) groups is 1. The van der Waals surface area contributed by atoms with E-state index in [0.29, 0.717) is 13.0 Å². The highest BCUT2D eigenvalue weighted by atomic mass is 16.3. The summed E-state index contributed by atoms with van der Waals surface area (Å²) in [6.45, 7) is 3.42. The first-order chi connectivity index (χ1) is 8.61. The molecule has 4 heteroatoms. The molecule has 1 fully saturated rings. The minimum Gasteiger partial charge on any atom is -0.395 e. The molecule has 0 unspecified atom stereocenters. The van der Waals surface area contributed by atoms with E-state index in [1.807, 2.05) is 0 Å². The smallest absolute Gasteiger partial charge is 0.224 e. The van der Waals surface area contributed by atoms with Gasteiger partial charge in [0.1, 0.15) is 0 Å². The number of carbonyl (C=O) groups excluding carboxylic acids is 1. The van der Waals surface area contributed by atoms with Gasteiger partial charge >= 0.3 is 0 Å². The second kappa shape index (κ2) is 7.74. The Kier molecular flexibility index (Phi) is 6.65. The van der Waals surface area contributed by atoms with Crippen LogP contribution in [0, 0.1) is 0 Å². The van der Waals surface area contributed by atoms with Crippen molar-refractivity contribution in [3.8, 4) is 0 Å². The summed E-state index contributed by atoms with van der Waals surface area (Å²) < 4.78 is 0. The molecule has 1 saturated carbocycles. The summed E-state index contributed by atoms with van der Waals surface area (Å²) in [4.78, 5) is 13.9. The minimum absolute atomic E-state index is 0.0388. The van der Waals surface area contributed by atoms with Crippen molar-refractivity contribution in [2.24, 2.45) is 5.73 Å². The highest BCUT2D eigenvalue weighted by molar-refractivity contribution is 5.77. The molecule has 0 aliphatic heterocycles. The SMILES string of the molecule is CCCCCCN(CCO)C(=O)CC1(N)CCC1. The molecular formula is C14H28N2O2. The minimum atomic E-state index is -0.256.